The van der Waals surface area contributed by atoms with Gasteiger partial charge in [0.05, 0.1) is 6.61 Å². The van der Waals surface area contributed by atoms with Crippen molar-refractivity contribution in [3.8, 4) is 0 Å². The molecule has 0 fully saturated rings. The SMILES string of the molecule is COCC(C)(NC(=O)c1ccc(Br)cc1C)C(=O)O. The maximum atomic E-state index is 12.1. The zero-order chi connectivity index (χ0) is 14.6. The third-order valence-corrected chi connectivity index (χ3v) is 3.22. The molecule has 0 spiro atoms. The highest BCUT2D eigenvalue weighted by atomic mass is 79.9. The van der Waals surface area contributed by atoms with Gasteiger partial charge >= 0.3 is 5.97 Å². The average molecular weight is 330 g/mol. The number of benzene rings is 1. The fourth-order valence-electron chi connectivity index (χ4n) is 1.64. The zero-order valence-electron chi connectivity index (χ0n) is 11.0. The number of ether oxygens (including phenoxy) is 1. The van der Waals surface area contributed by atoms with Crippen LogP contribution in [-0.2, 0) is 9.53 Å². The van der Waals surface area contributed by atoms with Crippen molar-refractivity contribution in [1.82, 2.24) is 5.32 Å². The fourth-order valence-corrected chi connectivity index (χ4v) is 2.12. The van der Waals surface area contributed by atoms with Gasteiger partial charge in [0.1, 0.15) is 0 Å². The van der Waals surface area contributed by atoms with Crippen LogP contribution >= 0.6 is 15.9 Å². The van der Waals surface area contributed by atoms with E-state index in [9.17, 15) is 14.7 Å². The van der Waals surface area contributed by atoms with Gasteiger partial charge in [-0.2, -0.15) is 0 Å². The molecular weight excluding hydrogens is 314 g/mol. The average Bonchev–Trinajstić information content (AvgIpc) is 2.28. The molecule has 0 heterocycles. The van der Waals surface area contributed by atoms with Crippen LogP contribution in [0.2, 0.25) is 0 Å². The van der Waals surface area contributed by atoms with Crippen molar-refractivity contribution in [3.05, 3.63) is 33.8 Å². The topological polar surface area (TPSA) is 75.6 Å². The molecule has 5 nitrogen and oxygen atoms in total. The van der Waals surface area contributed by atoms with E-state index in [1.807, 2.05) is 0 Å². The zero-order valence-corrected chi connectivity index (χ0v) is 12.6. The van der Waals surface area contributed by atoms with Crippen LogP contribution in [0.4, 0.5) is 0 Å². The minimum absolute atomic E-state index is 0.107. The number of nitrogens with one attached hydrogen (secondary N) is 1. The molecule has 1 aromatic carbocycles. The van der Waals surface area contributed by atoms with Gasteiger partial charge in [-0.15, -0.1) is 0 Å². The van der Waals surface area contributed by atoms with Crippen LogP contribution in [-0.4, -0.2) is 36.2 Å². The third-order valence-electron chi connectivity index (χ3n) is 2.73. The van der Waals surface area contributed by atoms with Gasteiger partial charge in [0.25, 0.3) is 5.91 Å². The van der Waals surface area contributed by atoms with Crippen molar-refractivity contribution in [3.63, 3.8) is 0 Å². The van der Waals surface area contributed by atoms with Crippen LogP contribution in [0, 0.1) is 6.92 Å². The molecule has 0 aromatic heterocycles. The van der Waals surface area contributed by atoms with Gasteiger partial charge in [-0.05, 0) is 37.6 Å². The Kier molecular flexibility index (Phi) is 5.08. The van der Waals surface area contributed by atoms with Crippen molar-refractivity contribution >= 4 is 27.8 Å². The monoisotopic (exact) mass is 329 g/mol. The van der Waals surface area contributed by atoms with E-state index in [0.29, 0.717) is 5.56 Å². The van der Waals surface area contributed by atoms with E-state index in [1.54, 1.807) is 25.1 Å². The Balaban J connectivity index is 2.97. The summed E-state index contributed by atoms with van der Waals surface area (Å²) < 4.78 is 5.71. The maximum Gasteiger partial charge on any atom is 0.331 e. The van der Waals surface area contributed by atoms with E-state index in [-0.39, 0.29) is 6.61 Å². The molecule has 19 heavy (non-hydrogen) atoms. The molecule has 0 aliphatic heterocycles. The van der Waals surface area contributed by atoms with Crippen LogP contribution in [0.5, 0.6) is 0 Å². The van der Waals surface area contributed by atoms with Crippen LogP contribution in [0.25, 0.3) is 0 Å². The maximum absolute atomic E-state index is 12.1. The molecule has 1 rings (SSSR count). The number of methoxy groups -OCH3 is 1. The lowest BCUT2D eigenvalue weighted by Crippen LogP contribution is -2.55. The van der Waals surface area contributed by atoms with Gasteiger partial charge < -0.3 is 15.2 Å². The Bertz CT molecular complexity index is 503. The summed E-state index contributed by atoms with van der Waals surface area (Å²) in [4.78, 5) is 23.3. The van der Waals surface area contributed by atoms with E-state index in [1.165, 1.54) is 14.0 Å². The molecule has 1 aromatic rings. The second-order valence-electron chi connectivity index (χ2n) is 4.48. The van der Waals surface area contributed by atoms with Crippen molar-refractivity contribution in [2.24, 2.45) is 0 Å². The van der Waals surface area contributed by atoms with Crippen molar-refractivity contribution < 1.29 is 19.4 Å². The number of carbonyl (C=O) groups is 2. The van der Waals surface area contributed by atoms with Gasteiger partial charge in [-0.1, -0.05) is 15.9 Å². The highest BCUT2D eigenvalue weighted by Crippen LogP contribution is 2.17. The molecule has 1 atom stereocenters. The molecular formula is C13H16BrNO4. The lowest BCUT2D eigenvalue weighted by Gasteiger charge is -2.25. The van der Waals surface area contributed by atoms with Crippen LogP contribution in [0.1, 0.15) is 22.8 Å². The molecule has 2 N–H and O–H groups in total. The number of carbonyl (C=O) groups excluding carboxylic acids is 1. The van der Waals surface area contributed by atoms with Crippen molar-refractivity contribution in [2.75, 3.05) is 13.7 Å². The quantitative estimate of drug-likeness (QED) is 0.866. The minimum atomic E-state index is -1.45. The number of aliphatic carboxylic acids is 1. The van der Waals surface area contributed by atoms with E-state index < -0.39 is 17.4 Å². The fraction of sp³-hybridized carbons (Fsp3) is 0.385. The molecule has 104 valence electrons. The minimum Gasteiger partial charge on any atom is -0.479 e. The lowest BCUT2D eigenvalue weighted by molar-refractivity contribution is -0.145. The van der Waals surface area contributed by atoms with Gasteiger partial charge in [0.2, 0.25) is 0 Å². The van der Waals surface area contributed by atoms with Gasteiger partial charge in [0.15, 0.2) is 5.54 Å². The summed E-state index contributed by atoms with van der Waals surface area (Å²) in [6.45, 7) is 3.09. The Morgan fingerprint density at radius 2 is 2.11 bits per heavy atom. The molecule has 0 bridgehead atoms. The summed E-state index contributed by atoms with van der Waals surface area (Å²) in [5.74, 6) is -1.58. The lowest BCUT2D eigenvalue weighted by atomic mass is 10.0. The van der Waals surface area contributed by atoms with Crippen molar-refractivity contribution in [1.29, 1.82) is 0 Å². The Hall–Kier alpha value is -1.40. The van der Waals surface area contributed by atoms with Crippen molar-refractivity contribution in [2.45, 2.75) is 19.4 Å². The molecule has 6 heteroatoms. The summed E-state index contributed by atoms with van der Waals surface area (Å²) >= 11 is 3.31. The summed E-state index contributed by atoms with van der Waals surface area (Å²) in [5.41, 5.74) is -0.255. The number of halogens is 1. The molecule has 0 saturated carbocycles. The normalized spacial score (nSPS) is 13.7. The van der Waals surface area contributed by atoms with E-state index in [4.69, 9.17) is 4.74 Å². The summed E-state index contributed by atoms with van der Waals surface area (Å²) in [5, 5.41) is 11.7. The van der Waals surface area contributed by atoms with Crippen LogP contribution in [0.15, 0.2) is 22.7 Å². The standard InChI is InChI=1S/C13H16BrNO4/c1-8-6-9(14)4-5-10(8)11(16)15-13(2,7-19-3)12(17)18/h4-6H,7H2,1-3H3,(H,15,16)(H,17,18). The summed E-state index contributed by atoms with van der Waals surface area (Å²) in [7, 11) is 1.39. The Labute approximate surface area is 120 Å². The van der Waals surface area contributed by atoms with E-state index in [2.05, 4.69) is 21.2 Å². The molecule has 0 aliphatic rings. The number of rotatable bonds is 5. The van der Waals surface area contributed by atoms with Crippen LogP contribution < -0.4 is 5.32 Å². The smallest absolute Gasteiger partial charge is 0.331 e. The number of carboxylic acids is 1. The highest BCUT2D eigenvalue weighted by Gasteiger charge is 2.35. The molecule has 0 aliphatic carbocycles. The summed E-state index contributed by atoms with van der Waals surface area (Å²) in [6.07, 6.45) is 0. The highest BCUT2D eigenvalue weighted by molar-refractivity contribution is 9.10. The first-order chi connectivity index (χ1) is 8.80. The largest absolute Gasteiger partial charge is 0.479 e. The number of carboxylic acid groups (broad SMARTS) is 1. The first-order valence-corrected chi connectivity index (χ1v) is 6.40. The second-order valence-corrected chi connectivity index (χ2v) is 5.40. The first kappa shape index (κ1) is 15.7. The Morgan fingerprint density at radius 3 is 2.58 bits per heavy atom. The van der Waals surface area contributed by atoms with Gasteiger partial charge in [-0.25, -0.2) is 4.79 Å². The Morgan fingerprint density at radius 1 is 1.47 bits per heavy atom. The van der Waals surface area contributed by atoms with E-state index in [0.717, 1.165) is 10.0 Å². The van der Waals surface area contributed by atoms with Gasteiger partial charge in [-0.3, -0.25) is 4.79 Å². The third kappa shape index (κ3) is 3.78. The van der Waals surface area contributed by atoms with Crippen LogP contribution in [0.3, 0.4) is 0 Å². The molecule has 1 unspecified atom stereocenters. The molecule has 1 amide bonds. The number of hydrogen-bond acceptors (Lipinski definition) is 3. The number of amides is 1. The molecule has 0 saturated heterocycles. The number of aryl methyl sites for hydroxylation is 1. The predicted molar refractivity (Wildman–Crippen MR) is 74.3 cm³/mol. The summed E-state index contributed by atoms with van der Waals surface area (Å²) in [6, 6.07) is 5.17. The van der Waals surface area contributed by atoms with Gasteiger partial charge in [0, 0.05) is 17.1 Å². The van der Waals surface area contributed by atoms with E-state index >= 15 is 0 Å². The first-order valence-electron chi connectivity index (χ1n) is 5.61. The number of hydrogen-bond donors (Lipinski definition) is 2. The molecule has 0 radical (unpaired) electrons. The second kappa shape index (κ2) is 6.16. The predicted octanol–water partition coefficient (Wildman–Crippen LogP) is 1.98.